The highest BCUT2D eigenvalue weighted by Crippen LogP contribution is 2.08. The number of nitrogens with one attached hydrogen (secondary N) is 1. The van der Waals surface area contributed by atoms with Gasteiger partial charge in [0.1, 0.15) is 0 Å². The van der Waals surface area contributed by atoms with E-state index in [1.807, 2.05) is 0 Å². The molecule has 2 unspecified atom stereocenters. The maximum atomic E-state index is 5.39. The number of ether oxygens (including phenoxy) is 3. The van der Waals surface area contributed by atoms with Crippen LogP contribution in [-0.4, -0.2) is 45.8 Å². The third-order valence-electron chi connectivity index (χ3n) is 2.53. The van der Waals surface area contributed by atoms with E-state index in [1.165, 1.54) is 6.42 Å². The number of methoxy groups -OCH3 is 2. The molecule has 84 valence electrons. The van der Waals surface area contributed by atoms with Crippen molar-refractivity contribution in [3.8, 4) is 0 Å². The second kappa shape index (κ2) is 6.35. The highest BCUT2D eigenvalue weighted by atomic mass is 16.7. The Kier molecular flexibility index (Phi) is 5.40. The lowest BCUT2D eigenvalue weighted by Gasteiger charge is -2.29. The molecule has 0 bridgehead atoms. The van der Waals surface area contributed by atoms with Crippen LogP contribution in [0.15, 0.2) is 0 Å². The van der Waals surface area contributed by atoms with E-state index >= 15 is 0 Å². The van der Waals surface area contributed by atoms with E-state index in [-0.39, 0.29) is 12.3 Å². The number of hydrogen-bond acceptors (Lipinski definition) is 4. The van der Waals surface area contributed by atoms with Crippen molar-refractivity contribution in [2.75, 3.05) is 27.4 Å². The Bertz CT molecular complexity index is 144. The largest absolute Gasteiger partial charge is 0.380 e. The van der Waals surface area contributed by atoms with Crippen molar-refractivity contribution in [3.63, 3.8) is 0 Å². The van der Waals surface area contributed by atoms with Crippen molar-refractivity contribution in [2.45, 2.75) is 38.1 Å². The lowest BCUT2D eigenvalue weighted by molar-refractivity contribution is -0.122. The van der Waals surface area contributed by atoms with Gasteiger partial charge in [-0.15, -0.1) is 0 Å². The molecule has 1 aliphatic heterocycles. The van der Waals surface area contributed by atoms with Crippen LogP contribution in [0.3, 0.4) is 0 Å². The maximum Gasteiger partial charge on any atom is 0.171 e. The molecule has 1 rings (SSSR count). The third kappa shape index (κ3) is 3.53. The van der Waals surface area contributed by atoms with Gasteiger partial charge in [-0.3, -0.25) is 0 Å². The summed E-state index contributed by atoms with van der Waals surface area (Å²) in [5.41, 5.74) is 0. The van der Waals surface area contributed by atoms with Crippen LogP contribution in [0, 0.1) is 0 Å². The lowest BCUT2D eigenvalue weighted by Crippen LogP contribution is -2.48. The van der Waals surface area contributed by atoms with Gasteiger partial charge in [-0.2, -0.15) is 0 Å². The Morgan fingerprint density at radius 2 is 2.07 bits per heavy atom. The van der Waals surface area contributed by atoms with Gasteiger partial charge in [0.05, 0.1) is 12.6 Å². The normalized spacial score (nSPS) is 25.3. The Hall–Kier alpha value is -0.160. The van der Waals surface area contributed by atoms with Gasteiger partial charge >= 0.3 is 0 Å². The van der Waals surface area contributed by atoms with Gasteiger partial charge in [0.15, 0.2) is 6.29 Å². The highest BCUT2D eigenvalue weighted by Gasteiger charge is 2.21. The zero-order valence-corrected chi connectivity index (χ0v) is 9.29. The second-order valence-electron chi connectivity index (χ2n) is 3.71. The van der Waals surface area contributed by atoms with Gasteiger partial charge < -0.3 is 19.5 Å². The van der Waals surface area contributed by atoms with Gasteiger partial charge in [-0.05, 0) is 19.8 Å². The summed E-state index contributed by atoms with van der Waals surface area (Å²) in [7, 11) is 3.31. The van der Waals surface area contributed by atoms with Crippen LogP contribution < -0.4 is 5.32 Å². The predicted octanol–water partition coefficient (Wildman–Crippen LogP) is 0.762. The molecule has 1 fully saturated rings. The highest BCUT2D eigenvalue weighted by molar-refractivity contribution is 4.75. The van der Waals surface area contributed by atoms with E-state index in [4.69, 9.17) is 14.2 Å². The van der Waals surface area contributed by atoms with E-state index in [0.29, 0.717) is 6.04 Å². The fourth-order valence-corrected chi connectivity index (χ4v) is 1.83. The predicted molar refractivity (Wildman–Crippen MR) is 54.2 cm³/mol. The summed E-state index contributed by atoms with van der Waals surface area (Å²) >= 11 is 0. The molecule has 0 amide bonds. The molecular formula is C10H21NO3. The third-order valence-corrected chi connectivity index (χ3v) is 2.53. The first-order chi connectivity index (χ1) is 6.77. The first kappa shape index (κ1) is 11.9. The van der Waals surface area contributed by atoms with Crippen molar-refractivity contribution in [2.24, 2.45) is 0 Å². The Morgan fingerprint density at radius 1 is 1.36 bits per heavy atom. The molecule has 1 aliphatic rings. The molecule has 4 nitrogen and oxygen atoms in total. The van der Waals surface area contributed by atoms with E-state index in [0.717, 1.165) is 19.6 Å². The smallest absolute Gasteiger partial charge is 0.171 e. The van der Waals surface area contributed by atoms with Gasteiger partial charge in [0, 0.05) is 26.9 Å². The molecule has 0 aromatic heterocycles. The number of hydrogen-bond donors (Lipinski definition) is 1. The zero-order valence-electron chi connectivity index (χ0n) is 9.29. The van der Waals surface area contributed by atoms with Crippen LogP contribution in [0.2, 0.25) is 0 Å². The minimum atomic E-state index is -0.183. The zero-order chi connectivity index (χ0) is 10.4. The standard InChI is InChI=1S/C10H21NO3/c1-8(10(12-2)13-3)11-9-5-4-6-14-7-9/h8-11H,4-7H2,1-3H3. The van der Waals surface area contributed by atoms with Gasteiger partial charge in [0.25, 0.3) is 0 Å². The lowest BCUT2D eigenvalue weighted by atomic mass is 10.1. The fourth-order valence-electron chi connectivity index (χ4n) is 1.83. The van der Waals surface area contributed by atoms with E-state index in [1.54, 1.807) is 14.2 Å². The van der Waals surface area contributed by atoms with Crippen molar-refractivity contribution in [1.29, 1.82) is 0 Å². The van der Waals surface area contributed by atoms with Crippen LogP contribution in [0.5, 0.6) is 0 Å². The minimum Gasteiger partial charge on any atom is -0.380 e. The molecule has 0 aliphatic carbocycles. The van der Waals surface area contributed by atoms with E-state index in [9.17, 15) is 0 Å². The van der Waals surface area contributed by atoms with Crippen LogP contribution in [0.25, 0.3) is 0 Å². The summed E-state index contributed by atoms with van der Waals surface area (Å²) in [5.74, 6) is 0. The Balaban J connectivity index is 2.26. The fraction of sp³-hybridized carbons (Fsp3) is 1.00. The van der Waals surface area contributed by atoms with Gasteiger partial charge in [-0.1, -0.05) is 0 Å². The van der Waals surface area contributed by atoms with Crippen molar-refractivity contribution in [3.05, 3.63) is 0 Å². The summed E-state index contributed by atoms with van der Waals surface area (Å²) in [6, 6.07) is 0.628. The van der Waals surface area contributed by atoms with Crippen LogP contribution >= 0.6 is 0 Å². The molecule has 0 aromatic carbocycles. The molecule has 0 spiro atoms. The Morgan fingerprint density at radius 3 is 2.57 bits per heavy atom. The average Bonchev–Trinajstić information content (AvgIpc) is 2.21. The molecule has 1 heterocycles. The average molecular weight is 203 g/mol. The summed E-state index contributed by atoms with van der Waals surface area (Å²) in [6.07, 6.45) is 2.12. The SMILES string of the molecule is COC(OC)C(C)NC1CCCOC1. The minimum absolute atomic E-state index is 0.183. The van der Waals surface area contributed by atoms with Gasteiger partial charge in [-0.25, -0.2) is 0 Å². The van der Waals surface area contributed by atoms with Crippen LogP contribution in [-0.2, 0) is 14.2 Å². The van der Waals surface area contributed by atoms with E-state index < -0.39 is 0 Å². The number of rotatable bonds is 5. The molecule has 0 aromatic rings. The summed E-state index contributed by atoms with van der Waals surface area (Å²) in [6.45, 7) is 3.75. The maximum absolute atomic E-state index is 5.39. The molecular weight excluding hydrogens is 182 g/mol. The first-order valence-corrected chi connectivity index (χ1v) is 5.17. The topological polar surface area (TPSA) is 39.7 Å². The van der Waals surface area contributed by atoms with Crippen molar-refractivity contribution >= 4 is 0 Å². The first-order valence-electron chi connectivity index (χ1n) is 5.17. The van der Waals surface area contributed by atoms with Crippen molar-refractivity contribution < 1.29 is 14.2 Å². The molecule has 1 N–H and O–H groups in total. The van der Waals surface area contributed by atoms with Crippen LogP contribution in [0.4, 0.5) is 0 Å². The molecule has 2 atom stereocenters. The summed E-state index contributed by atoms with van der Waals surface area (Å²) < 4.78 is 15.7. The summed E-state index contributed by atoms with van der Waals surface area (Å²) in [4.78, 5) is 0. The quantitative estimate of drug-likeness (QED) is 0.670. The van der Waals surface area contributed by atoms with Gasteiger partial charge in [0.2, 0.25) is 0 Å². The van der Waals surface area contributed by atoms with E-state index in [2.05, 4.69) is 12.2 Å². The molecule has 14 heavy (non-hydrogen) atoms. The molecule has 0 radical (unpaired) electrons. The second-order valence-corrected chi connectivity index (χ2v) is 3.71. The van der Waals surface area contributed by atoms with Crippen LogP contribution in [0.1, 0.15) is 19.8 Å². The molecule has 1 saturated heterocycles. The molecule has 0 saturated carbocycles. The molecule has 4 heteroatoms. The van der Waals surface area contributed by atoms with Crippen molar-refractivity contribution in [1.82, 2.24) is 5.32 Å². The Labute approximate surface area is 85.9 Å². The monoisotopic (exact) mass is 203 g/mol. The summed E-state index contributed by atoms with van der Waals surface area (Å²) in [5, 5.41) is 3.45.